The smallest absolute Gasteiger partial charge is 0.115 e. The summed E-state index contributed by atoms with van der Waals surface area (Å²) in [7, 11) is 0. The van der Waals surface area contributed by atoms with Crippen LogP contribution in [-0.4, -0.2) is 5.11 Å². The van der Waals surface area contributed by atoms with Gasteiger partial charge in [0.1, 0.15) is 5.75 Å². The molecule has 1 aromatic carbocycles. The second kappa shape index (κ2) is 1.86. The van der Waals surface area contributed by atoms with Gasteiger partial charge in [0, 0.05) is 1.37 Å². The third-order valence-corrected chi connectivity index (χ3v) is 0.911. The van der Waals surface area contributed by atoms with Crippen molar-refractivity contribution >= 4 is 0 Å². The maximum absolute atomic E-state index is 8.86. The van der Waals surface area contributed by atoms with Crippen LogP contribution in [0.3, 0.4) is 0 Å². The van der Waals surface area contributed by atoms with Gasteiger partial charge in [-0.3, -0.25) is 0 Å². The van der Waals surface area contributed by atoms with E-state index in [0.29, 0.717) is 0 Å². The summed E-state index contributed by atoms with van der Waals surface area (Å²) in [6.07, 6.45) is 0. The van der Waals surface area contributed by atoms with Gasteiger partial charge in [-0.05, 0) is 24.6 Å². The Hall–Kier alpha value is -0.980. The van der Waals surface area contributed by atoms with Crippen molar-refractivity contribution in [2.75, 3.05) is 0 Å². The molecule has 8 heavy (non-hydrogen) atoms. The molecule has 0 unspecified atom stereocenters. The average Bonchev–Trinajstić information content (AvgIpc) is 1.88. The monoisotopic (exact) mass is 109 g/mol. The molecule has 0 saturated carbocycles. The van der Waals surface area contributed by atoms with Crippen molar-refractivity contribution in [3.63, 3.8) is 0 Å². The summed E-state index contributed by atoms with van der Waals surface area (Å²) in [6.45, 7) is 0.231. The summed E-state index contributed by atoms with van der Waals surface area (Å²) in [6, 6.07) is 6.73. The molecule has 0 aromatic heterocycles. The molecular weight excluding hydrogens is 100 g/mol. The molecule has 1 rings (SSSR count). The van der Waals surface area contributed by atoms with Gasteiger partial charge in [-0.2, -0.15) is 0 Å². The zero-order valence-electron chi connectivity index (χ0n) is 5.46. The lowest BCUT2D eigenvalue weighted by atomic mass is 10.2. The maximum atomic E-state index is 8.86. The van der Waals surface area contributed by atoms with Crippen LogP contribution in [0.4, 0.5) is 0 Å². The molecule has 0 saturated heterocycles. The van der Waals surface area contributed by atoms with E-state index in [9.17, 15) is 0 Å². The molecule has 1 N–H and O–H groups in total. The van der Waals surface area contributed by atoms with Crippen molar-refractivity contribution in [1.82, 2.24) is 0 Å². The first kappa shape index (κ1) is 3.96. The molecule has 1 aromatic rings. The third-order valence-electron chi connectivity index (χ3n) is 0.911. The van der Waals surface area contributed by atoms with E-state index in [1.165, 1.54) is 0 Å². The average molecular weight is 109 g/mol. The van der Waals surface area contributed by atoms with Gasteiger partial charge < -0.3 is 5.11 Å². The number of phenols is 1. The van der Waals surface area contributed by atoms with Gasteiger partial charge in [-0.25, -0.2) is 0 Å². The molecule has 0 spiro atoms. The van der Waals surface area contributed by atoms with Crippen molar-refractivity contribution < 1.29 is 6.48 Å². The SMILES string of the molecule is [2H]Cc1cccc(O)c1. The molecule has 1 heteroatoms. The Labute approximate surface area is 50.0 Å². The summed E-state index contributed by atoms with van der Waals surface area (Å²) >= 11 is 0. The number of hydrogen-bond donors (Lipinski definition) is 1. The topological polar surface area (TPSA) is 20.2 Å². The molecule has 0 aliphatic carbocycles. The Bertz CT molecular complexity index is 198. The van der Waals surface area contributed by atoms with Crippen molar-refractivity contribution in [3.05, 3.63) is 29.8 Å². The number of rotatable bonds is 0. The van der Waals surface area contributed by atoms with Gasteiger partial charge in [0.25, 0.3) is 0 Å². The molecule has 0 bridgehead atoms. The highest BCUT2D eigenvalue weighted by atomic mass is 16.3. The van der Waals surface area contributed by atoms with Crippen molar-refractivity contribution in [2.45, 2.75) is 6.90 Å². The molecule has 0 heterocycles. The summed E-state index contributed by atoms with van der Waals surface area (Å²) < 4.78 is 6.93. The molecule has 0 fully saturated rings. The van der Waals surface area contributed by atoms with Crippen LogP contribution in [0.25, 0.3) is 0 Å². The Morgan fingerprint density at radius 2 is 2.50 bits per heavy atom. The predicted octanol–water partition coefficient (Wildman–Crippen LogP) is 1.70. The van der Waals surface area contributed by atoms with Crippen molar-refractivity contribution in [1.29, 1.82) is 0 Å². The van der Waals surface area contributed by atoms with E-state index < -0.39 is 0 Å². The highest BCUT2D eigenvalue weighted by Gasteiger charge is 1.83. The molecule has 0 amide bonds. The van der Waals surface area contributed by atoms with Crippen LogP contribution < -0.4 is 0 Å². The standard InChI is InChI=1S/C7H8O/c1-6-3-2-4-7(8)5-6/h2-5,8H,1H3/i1D. The minimum Gasteiger partial charge on any atom is -0.508 e. The van der Waals surface area contributed by atoms with Crippen LogP contribution in [0, 0.1) is 6.90 Å². The third kappa shape index (κ3) is 0.997. The van der Waals surface area contributed by atoms with Crippen LogP contribution in [0.5, 0.6) is 5.75 Å². The maximum Gasteiger partial charge on any atom is 0.115 e. The summed E-state index contributed by atoms with van der Waals surface area (Å²) in [5.74, 6) is 0.236. The zero-order chi connectivity index (χ0) is 6.69. The van der Waals surface area contributed by atoms with E-state index in [0.717, 1.165) is 5.56 Å². The molecule has 0 aliphatic heterocycles. The van der Waals surface area contributed by atoms with E-state index in [4.69, 9.17) is 6.48 Å². The van der Waals surface area contributed by atoms with Gasteiger partial charge in [0.2, 0.25) is 0 Å². The van der Waals surface area contributed by atoms with E-state index >= 15 is 0 Å². The van der Waals surface area contributed by atoms with Gasteiger partial charge >= 0.3 is 0 Å². The summed E-state index contributed by atoms with van der Waals surface area (Å²) in [5, 5.41) is 8.86. The summed E-state index contributed by atoms with van der Waals surface area (Å²) in [5.41, 5.74) is 0.843. The summed E-state index contributed by atoms with van der Waals surface area (Å²) in [4.78, 5) is 0. The lowest BCUT2D eigenvalue weighted by Gasteiger charge is -1.89. The lowest BCUT2D eigenvalue weighted by molar-refractivity contribution is 0.475. The van der Waals surface area contributed by atoms with Gasteiger partial charge in [-0.15, -0.1) is 0 Å². The van der Waals surface area contributed by atoms with Crippen LogP contribution in [0.2, 0.25) is 0 Å². The number of benzene rings is 1. The molecule has 1 nitrogen and oxygen atoms in total. The Kier molecular flexibility index (Phi) is 0.922. The highest BCUT2D eigenvalue weighted by Crippen LogP contribution is 2.08. The van der Waals surface area contributed by atoms with E-state index in [-0.39, 0.29) is 12.6 Å². The lowest BCUT2D eigenvalue weighted by Crippen LogP contribution is -1.66. The van der Waals surface area contributed by atoms with E-state index in [1.54, 1.807) is 18.2 Å². The minimum absolute atomic E-state index is 0.231. The van der Waals surface area contributed by atoms with Gasteiger partial charge in [0.15, 0.2) is 0 Å². The van der Waals surface area contributed by atoms with Crippen LogP contribution in [0.1, 0.15) is 6.93 Å². The molecule has 0 radical (unpaired) electrons. The molecular formula is C7H8O. The molecule has 0 aliphatic rings. The largest absolute Gasteiger partial charge is 0.508 e. The van der Waals surface area contributed by atoms with Gasteiger partial charge in [0.05, 0.1) is 0 Å². The van der Waals surface area contributed by atoms with Crippen LogP contribution >= 0.6 is 0 Å². The second-order valence-electron chi connectivity index (χ2n) is 1.67. The number of aromatic hydroxyl groups is 1. The first-order valence-corrected chi connectivity index (χ1v) is 2.40. The second-order valence-corrected chi connectivity index (χ2v) is 1.67. The quantitative estimate of drug-likeness (QED) is 0.537. The van der Waals surface area contributed by atoms with Crippen molar-refractivity contribution in [2.24, 2.45) is 0 Å². The van der Waals surface area contributed by atoms with E-state index in [1.807, 2.05) is 6.07 Å². The van der Waals surface area contributed by atoms with E-state index in [2.05, 4.69) is 0 Å². The first-order chi connectivity index (χ1) is 4.33. The fourth-order valence-corrected chi connectivity index (χ4v) is 0.556. The number of phenolic OH excluding ortho intramolecular Hbond substituents is 1. The van der Waals surface area contributed by atoms with Crippen LogP contribution in [0.15, 0.2) is 24.3 Å². The number of hydrogen-bond acceptors (Lipinski definition) is 1. The normalized spacial score (nSPS) is 10.8. The van der Waals surface area contributed by atoms with Gasteiger partial charge in [-0.1, -0.05) is 12.1 Å². The molecule has 42 valence electrons. The fraction of sp³-hybridized carbons (Fsp3) is 0.143. The number of aryl methyl sites for hydroxylation is 1. The fourth-order valence-electron chi connectivity index (χ4n) is 0.556. The Morgan fingerprint density at radius 1 is 1.62 bits per heavy atom. The Morgan fingerprint density at radius 3 is 3.00 bits per heavy atom. The Balaban J connectivity index is 2.94. The minimum atomic E-state index is 0.231. The zero-order valence-corrected chi connectivity index (χ0v) is 4.46. The highest BCUT2D eigenvalue weighted by molar-refractivity contribution is 5.25. The first-order valence-electron chi connectivity index (χ1n) is 3.11. The predicted molar refractivity (Wildman–Crippen MR) is 32.8 cm³/mol. The molecule has 0 atom stereocenters. The van der Waals surface area contributed by atoms with Crippen LogP contribution in [-0.2, 0) is 0 Å². The van der Waals surface area contributed by atoms with Crippen molar-refractivity contribution in [3.8, 4) is 5.75 Å².